The molecule has 15 heavy (non-hydrogen) atoms. The highest BCUT2D eigenvalue weighted by Gasteiger charge is 2.29. The monoisotopic (exact) mass is 208 g/mol. The summed E-state index contributed by atoms with van der Waals surface area (Å²) < 4.78 is 0. The first-order valence-electron chi connectivity index (χ1n) is 6.55. The van der Waals surface area contributed by atoms with Crippen molar-refractivity contribution in [3.8, 4) is 0 Å². The summed E-state index contributed by atoms with van der Waals surface area (Å²) in [7, 11) is 0. The Morgan fingerprint density at radius 3 is 1.73 bits per heavy atom. The van der Waals surface area contributed by atoms with Crippen molar-refractivity contribution < 1.29 is 0 Å². The van der Waals surface area contributed by atoms with Crippen LogP contribution in [-0.2, 0) is 0 Å². The molecule has 0 bridgehead atoms. The maximum atomic E-state index is 7.29. The smallest absolute Gasteiger partial charge is 0.00390 e. The zero-order valence-electron chi connectivity index (χ0n) is 9.62. The van der Waals surface area contributed by atoms with Gasteiger partial charge in [0.2, 0.25) is 0 Å². The molecular weight excluding hydrogens is 184 g/mol. The molecule has 2 saturated carbocycles. The molecule has 2 heteroatoms. The molecule has 0 radical (unpaired) electrons. The fourth-order valence-corrected chi connectivity index (χ4v) is 3.40. The minimum absolute atomic E-state index is 0.485. The molecule has 0 spiro atoms. The third-order valence-corrected chi connectivity index (χ3v) is 4.54. The molecule has 2 nitrogen and oxygen atoms in total. The van der Waals surface area contributed by atoms with Crippen molar-refractivity contribution in [3.05, 3.63) is 0 Å². The van der Waals surface area contributed by atoms with E-state index in [1.807, 2.05) is 0 Å². The van der Waals surface area contributed by atoms with Gasteiger partial charge in [0.15, 0.2) is 0 Å². The average molecular weight is 208 g/mol. The van der Waals surface area contributed by atoms with E-state index in [1.165, 1.54) is 51.4 Å². The SMILES string of the molecule is N=CC1CCC(C2CCC(N)CC2)CC1. The van der Waals surface area contributed by atoms with Gasteiger partial charge in [0.1, 0.15) is 0 Å². The quantitative estimate of drug-likeness (QED) is 0.673. The summed E-state index contributed by atoms with van der Waals surface area (Å²) in [6, 6.07) is 0.485. The molecule has 0 aromatic carbocycles. The Morgan fingerprint density at radius 2 is 1.27 bits per heavy atom. The molecule has 0 heterocycles. The maximum Gasteiger partial charge on any atom is 0.00390 e. The number of hydrogen-bond acceptors (Lipinski definition) is 2. The molecule has 0 unspecified atom stereocenters. The summed E-state index contributed by atoms with van der Waals surface area (Å²) in [5.41, 5.74) is 5.94. The fraction of sp³-hybridized carbons (Fsp3) is 0.923. The van der Waals surface area contributed by atoms with Crippen LogP contribution in [-0.4, -0.2) is 12.3 Å². The molecule has 0 aromatic heterocycles. The van der Waals surface area contributed by atoms with Crippen LogP contribution in [0.5, 0.6) is 0 Å². The Kier molecular flexibility index (Phi) is 3.79. The predicted octanol–water partition coefficient (Wildman–Crippen LogP) is 2.96. The van der Waals surface area contributed by atoms with E-state index in [9.17, 15) is 0 Å². The van der Waals surface area contributed by atoms with Crippen molar-refractivity contribution in [2.75, 3.05) is 0 Å². The molecule has 3 N–H and O–H groups in total. The lowest BCUT2D eigenvalue weighted by molar-refractivity contribution is 0.176. The van der Waals surface area contributed by atoms with Gasteiger partial charge in [-0.15, -0.1) is 0 Å². The van der Waals surface area contributed by atoms with Gasteiger partial charge in [-0.1, -0.05) is 0 Å². The maximum absolute atomic E-state index is 7.29. The standard InChI is InChI=1S/C13H24N2/c14-9-10-1-3-11(4-2-10)12-5-7-13(15)8-6-12/h9-14H,1-8,15H2. The van der Waals surface area contributed by atoms with Crippen LogP contribution in [0.4, 0.5) is 0 Å². The summed E-state index contributed by atoms with van der Waals surface area (Å²) in [6.45, 7) is 0. The second-order valence-corrected chi connectivity index (χ2v) is 5.52. The number of hydrogen-bond donors (Lipinski definition) is 2. The molecule has 2 aliphatic carbocycles. The van der Waals surface area contributed by atoms with Gasteiger partial charge in [0, 0.05) is 6.04 Å². The summed E-state index contributed by atoms with van der Waals surface area (Å²) in [5.74, 6) is 2.50. The first-order chi connectivity index (χ1) is 7.29. The van der Waals surface area contributed by atoms with E-state index in [0.29, 0.717) is 12.0 Å². The summed E-state index contributed by atoms with van der Waals surface area (Å²) in [4.78, 5) is 0. The molecule has 2 aliphatic rings. The van der Waals surface area contributed by atoms with E-state index in [-0.39, 0.29) is 0 Å². The van der Waals surface area contributed by atoms with Gasteiger partial charge in [-0.25, -0.2) is 0 Å². The van der Waals surface area contributed by atoms with E-state index < -0.39 is 0 Å². The van der Waals surface area contributed by atoms with Crippen LogP contribution < -0.4 is 5.73 Å². The lowest BCUT2D eigenvalue weighted by atomic mass is 9.70. The Bertz CT molecular complexity index is 199. The fourth-order valence-electron chi connectivity index (χ4n) is 3.40. The van der Waals surface area contributed by atoms with Gasteiger partial charge in [-0.05, 0) is 75.3 Å². The predicted molar refractivity (Wildman–Crippen MR) is 64.2 cm³/mol. The Labute approximate surface area is 93.1 Å². The van der Waals surface area contributed by atoms with E-state index in [1.54, 1.807) is 6.21 Å². The minimum atomic E-state index is 0.485. The van der Waals surface area contributed by atoms with E-state index in [2.05, 4.69) is 0 Å². The summed E-state index contributed by atoms with van der Waals surface area (Å²) in [5, 5.41) is 7.29. The molecule has 0 aliphatic heterocycles. The zero-order chi connectivity index (χ0) is 10.7. The van der Waals surface area contributed by atoms with Crippen LogP contribution in [0.1, 0.15) is 51.4 Å². The highest BCUT2D eigenvalue weighted by atomic mass is 14.6. The second kappa shape index (κ2) is 5.11. The van der Waals surface area contributed by atoms with Crippen molar-refractivity contribution in [3.63, 3.8) is 0 Å². The molecule has 86 valence electrons. The molecule has 0 amide bonds. The van der Waals surface area contributed by atoms with Gasteiger partial charge >= 0.3 is 0 Å². The Hall–Kier alpha value is -0.370. The van der Waals surface area contributed by atoms with Crippen LogP contribution in [0.25, 0.3) is 0 Å². The third kappa shape index (κ3) is 2.81. The van der Waals surface area contributed by atoms with Crippen LogP contribution in [0.2, 0.25) is 0 Å². The topological polar surface area (TPSA) is 49.9 Å². The van der Waals surface area contributed by atoms with Crippen molar-refractivity contribution >= 4 is 6.21 Å². The molecule has 0 aromatic rings. The summed E-state index contributed by atoms with van der Waals surface area (Å²) >= 11 is 0. The Morgan fingerprint density at radius 1 is 0.800 bits per heavy atom. The van der Waals surface area contributed by atoms with Crippen LogP contribution >= 0.6 is 0 Å². The van der Waals surface area contributed by atoms with Crippen molar-refractivity contribution in [2.24, 2.45) is 23.5 Å². The van der Waals surface area contributed by atoms with Gasteiger partial charge in [-0.2, -0.15) is 0 Å². The number of nitrogens with one attached hydrogen (secondary N) is 1. The lowest BCUT2D eigenvalue weighted by Crippen LogP contribution is -2.31. The van der Waals surface area contributed by atoms with Gasteiger partial charge < -0.3 is 11.1 Å². The highest BCUT2D eigenvalue weighted by molar-refractivity contribution is 5.56. The normalized spacial score (nSPS) is 42.5. The lowest BCUT2D eigenvalue weighted by Gasteiger charge is -2.36. The summed E-state index contributed by atoms with van der Waals surface area (Å²) in [6.07, 6.45) is 12.1. The highest BCUT2D eigenvalue weighted by Crippen LogP contribution is 2.39. The van der Waals surface area contributed by atoms with Crippen molar-refractivity contribution in [2.45, 2.75) is 57.4 Å². The first kappa shape index (κ1) is 11.1. The minimum Gasteiger partial charge on any atom is -0.328 e. The zero-order valence-corrected chi connectivity index (χ0v) is 9.62. The van der Waals surface area contributed by atoms with E-state index >= 15 is 0 Å². The molecular formula is C13H24N2. The number of rotatable bonds is 2. The number of nitrogens with two attached hydrogens (primary N) is 1. The largest absolute Gasteiger partial charge is 0.328 e. The van der Waals surface area contributed by atoms with Gasteiger partial charge in [0.25, 0.3) is 0 Å². The molecule has 0 atom stereocenters. The second-order valence-electron chi connectivity index (χ2n) is 5.52. The third-order valence-electron chi connectivity index (χ3n) is 4.54. The molecule has 2 rings (SSSR count). The average Bonchev–Trinajstić information content (AvgIpc) is 2.30. The van der Waals surface area contributed by atoms with Gasteiger partial charge in [0.05, 0.1) is 0 Å². The van der Waals surface area contributed by atoms with Crippen molar-refractivity contribution in [1.29, 1.82) is 5.41 Å². The van der Waals surface area contributed by atoms with Crippen molar-refractivity contribution in [1.82, 2.24) is 0 Å². The van der Waals surface area contributed by atoms with Crippen LogP contribution in [0, 0.1) is 23.2 Å². The first-order valence-corrected chi connectivity index (χ1v) is 6.55. The van der Waals surface area contributed by atoms with Crippen LogP contribution in [0.3, 0.4) is 0 Å². The van der Waals surface area contributed by atoms with E-state index in [4.69, 9.17) is 11.1 Å². The van der Waals surface area contributed by atoms with Gasteiger partial charge in [-0.3, -0.25) is 0 Å². The molecule has 2 fully saturated rings. The van der Waals surface area contributed by atoms with Crippen LogP contribution in [0.15, 0.2) is 0 Å². The molecule has 0 saturated heterocycles. The Balaban J connectivity index is 1.78. The van der Waals surface area contributed by atoms with E-state index in [0.717, 1.165) is 11.8 Å².